The fourth-order valence-electron chi connectivity index (χ4n) is 2.64. The summed E-state index contributed by atoms with van der Waals surface area (Å²) >= 11 is 6.00. The van der Waals surface area contributed by atoms with Crippen molar-refractivity contribution in [2.45, 2.75) is 38.0 Å². The quantitative estimate of drug-likeness (QED) is 0.872. The molecular weight excluding hydrogens is 296 g/mol. The predicted molar refractivity (Wildman–Crippen MR) is 82.4 cm³/mol. The molecule has 0 aliphatic carbocycles. The van der Waals surface area contributed by atoms with Gasteiger partial charge in [-0.3, -0.25) is 0 Å². The number of rotatable bonds is 3. The second kappa shape index (κ2) is 5.92. The highest BCUT2D eigenvalue weighted by Crippen LogP contribution is 2.30. The number of hydrogen-bond donors (Lipinski definition) is 1. The van der Waals surface area contributed by atoms with Crippen LogP contribution in [0.1, 0.15) is 31.7 Å². The lowest BCUT2D eigenvalue weighted by Crippen LogP contribution is -2.39. The smallest absolute Gasteiger partial charge is 0.243 e. The van der Waals surface area contributed by atoms with E-state index in [1.54, 1.807) is 17.3 Å². The maximum atomic E-state index is 12.7. The summed E-state index contributed by atoms with van der Waals surface area (Å²) in [5.74, 6) is 0.448. The number of hydrogen-bond acceptors (Lipinski definition) is 3. The Morgan fingerprint density at radius 3 is 2.75 bits per heavy atom. The van der Waals surface area contributed by atoms with Crippen LogP contribution in [0.2, 0.25) is 5.02 Å². The highest BCUT2D eigenvalue weighted by molar-refractivity contribution is 7.89. The fourth-order valence-corrected chi connectivity index (χ4v) is 4.42. The van der Waals surface area contributed by atoms with Crippen molar-refractivity contribution < 1.29 is 8.42 Å². The maximum absolute atomic E-state index is 12.7. The van der Waals surface area contributed by atoms with E-state index in [2.05, 4.69) is 6.92 Å². The molecule has 1 aliphatic rings. The van der Waals surface area contributed by atoms with Gasteiger partial charge in [0, 0.05) is 13.1 Å². The van der Waals surface area contributed by atoms with Crippen LogP contribution in [0.15, 0.2) is 17.0 Å². The van der Waals surface area contributed by atoms with Gasteiger partial charge in [-0.05, 0) is 43.4 Å². The van der Waals surface area contributed by atoms with E-state index in [9.17, 15) is 8.42 Å². The zero-order chi connectivity index (χ0) is 14.9. The zero-order valence-corrected chi connectivity index (χ0v) is 13.5. The maximum Gasteiger partial charge on any atom is 0.243 e. The molecule has 0 spiro atoms. The normalized spacial score (nSPS) is 21.1. The van der Waals surface area contributed by atoms with E-state index in [-0.39, 0.29) is 4.90 Å². The third-order valence-corrected chi connectivity index (χ3v) is 6.31. The number of piperidine rings is 1. The molecule has 1 unspecified atom stereocenters. The van der Waals surface area contributed by atoms with E-state index >= 15 is 0 Å². The summed E-state index contributed by atoms with van der Waals surface area (Å²) in [5.41, 5.74) is 6.79. The van der Waals surface area contributed by atoms with E-state index < -0.39 is 10.0 Å². The third-order valence-electron chi connectivity index (χ3n) is 3.95. The Bertz CT molecular complexity index is 578. The van der Waals surface area contributed by atoms with Crippen molar-refractivity contribution in [3.05, 3.63) is 22.7 Å². The molecule has 1 aromatic rings. The van der Waals surface area contributed by atoms with Crippen LogP contribution in [0.5, 0.6) is 0 Å². The van der Waals surface area contributed by atoms with Gasteiger partial charge in [-0.15, -0.1) is 0 Å². The van der Waals surface area contributed by atoms with Crippen molar-refractivity contribution in [1.82, 2.24) is 4.31 Å². The van der Waals surface area contributed by atoms with Crippen LogP contribution in [-0.4, -0.2) is 25.8 Å². The van der Waals surface area contributed by atoms with E-state index in [0.29, 0.717) is 35.3 Å². The molecule has 2 rings (SSSR count). The summed E-state index contributed by atoms with van der Waals surface area (Å²) in [4.78, 5) is 0.244. The minimum Gasteiger partial charge on any atom is -0.397 e. The first-order valence-electron chi connectivity index (χ1n) is 6.92. The van der Waals surface area contributed by atoms with Gasteiger partial charge in [-0.1, -0.05) is 24.9 Å². The van der Waals surface area contributed by atoms with Crippen LogP contribution in [0.25, 0.3) is 0 Å². The predicted octanol–water partition coefficient (Wildman–Crippen LogP) is 3.04. The van der Waals surface area contributed by atoms with E-state index in [0.717, 1.165) is 19.3 Å². The molecule has 1 fully saturated rings. The average molecular weight is 317 g/mol. The van der Waals surface area contributed by atoms with Gasteiger partial charge < -0.3 is 5.73 Å². The second-order valence-corrected chi connectivity index (χ2v) is 7.74. The van der Waals surface area contributed by atoms with Gasteiger partial charge in [0.15, 0.2) is 0 Å². The van der Waals surface area contributed by atoms with Gasteiger partial charge in [0.05, 0.1) is 15.6 Å². The summed E-state index contributed by atoms with van der Waals surface area (Å²) in [7, 11) is -3.47. The van der Waals surface area contributed by atoms with Gasteiger partial charge in [-0.2, -0.15) is 4.31 Å². The van der Waals surface area contributed by atoms with Crippen LogP contribution in [0.3, 0.4) is 0 Å². The highest BCUT2D eigenvalue weighted by atomic mass is 35.5. The Morgan fingerprint density at radius 1 is 1.45 bits per heavy atom. The minimum absolute atomic E-state index is 0.244. The molecule has 0 radical (unpaired) electrons. The van der Waals surface area contributed by atoms with Gasteiger partial charge in [0.1, 0.15) is 0 Å². The Labute approximate surface area is 126 Å². The number of aryl methyl sites for hydroxylation is 1. The van der Waals surface area contributed by atoms with Crippen LogP contribution in [-0.2, 0) is 10.0 Å². The molecule has 20 heavy (non-hydrogen) atoms. The number of anilines is 1. The number of nitrogen functional groups attached to an aromatic ring is 1. The zero-order valence-electron chi connectivity index (χ0n) is 11.9. The van der Waals surface area contributed by atoms with Crippen LogP contribution in [0.4, 0.5) is 5.69 Å². The minimum atomic E-state index is -3.47. The molecule has 4 nitrogen and oxygen atoms in total. The molecule has 0 aromatic heterocycles. The van der Waals surface area contributed by atoms with Gasteiger partial charge in [-0.25, -0.2) is 8.42 Å². The summed E-state index contributed by atoms with van der Waals surface area (Å²) in [5, 5.41) is 0.425. The lowest BCUT2D eigenvalue weighted by molar-refractivity contribution is 0.261. The number of sulfonamides is 1. The molecule has 112 valence electrons. The summed E-state index contributed by atoms with van der Waals surface area (Å²) in [6, 6.07) is 3.06. The van der Waals surface area contributed by atoms with Crippen LogP contribution in [0, 0.1) is 12.8 Å². The van der Waals surface area contributed by atoms with Crippen molar-refractivity contribution in [2.75, 3.05) is 18.8 Å². The fraction of sp³-hybridized carbons (Fsp3) is 0.571. The summed E-state index contributed by atoms with van der Waals surface area (Å²) < 4.78 is 27.0. The molecule has 0 bridgehead atoms. The van der Waals surface area contributed by atoms with E-state index in [4.69, 9.17) is 17.3 Å². The average Bonchev–Trinajstić information content (AvgIpc) is 2.44. The van der Waals surface area contributed by atoms with Crippen molar-refractivity contribution in [3.63, 3.8) is 0 Å². The van der Waals surface area contributed by atoms with Crippen molar-refractivity contribution >= 4 is 27.3 Å². The van der Waals surface area contributed by atoms with E-state index in [1.807, 2.05) is 0 Å². The number of halogens is 1. The largest absolute Gasteiger partial charge is 0.397 e. The monoisotopic (exact) mass is 316 g/mol. The van der Waals surface area contributed by atoms with Crippen LogP contribution >= 0.6 is 11.6 Å². The van der Waals surface area contributed by atoms with E-state index in [1.165, 1.54) is 6.07 Å². The van der Waals surface area contributed by atoms with Crippen molar-refractivity contribution in [2.24, 2.45) is 5.92 Å². The number of benzene rings is 1. The summed E-state index contributed by atoms with van der Waals surface area (Å²) in [6.07, 6.45) is 3.03. The number of nitrogens with two attached hydrogens (primary N) is 1. The molecule has 2 N–H and O–H groups in total. The Morgan fingerprint density at radius 2 is 2.15 bits per heavy atom. The summed E-state index contributed by atoms with van der Waals surface area (Å²) in [6.45, 7) is 5.05. The molecule has 1 aliphatic heterocycles. The number of nitrogens with zero attached hydrogens (tertiary/aromatic N) is 1. The lowest BCUT2D eigenvalue weighted by atomic mass is 9.97. The van der Waals surface area contributed by atoms with Crippen molar-refractivity contribution in [3.8, 4) is 0 Å². The molecular formula is C14H21ClN2O2S. The van der Waals surface area contributed by atoms with Gasteiger partial charge in [0.2, 0.25) is 10.0 Å². The van der Waals surface area contributed by atoms with Crippen LogP contribution < -0.4 is 5.73 Å². The first-order chi connectivity index (χ1) is 9.36. The molecule has 1 atom stereocenters. The molecule has 1 heterocycles. The third kappa shape index (κ3) is 2.95. The first kappa shape index (κ1) is 15.6. The SMILES string of the molecule is CCC1CCCN(S(=O)(=O)c2cc(C)c(Cl)c(N)c2)C1. The molecule has 1 aromatic carbocycles. The van der Waals surface area contributed by atoms with Crippen molar-refractivity contribution in [1.29, 1.82) is 0 Å². The topological polar surface area (TPSA) is 63.4 Å². The Balaban J connectivity index is 2.35. The molecule has 0 saturated carbocycles. The molecule has 1 saturated heterocycles. The first-order valence-corrected chi connectivity index (χ1v) is 8.73. The second-order valence-electron chi connectivity index (χ2n) is 5.42. The molecule has 0 amide bonds. The van der Waals surface area contributed by atoms with Gasteiger partial charge >= 0.3 is 0 Å². The Kier molecular flexibility index (Phi) is 4.62. The lowest BCUT2D eigenvalue weighted by Gasteiger charge is -2.31. The molecule has 6 heteroatoms. The standard InChI is InChI=1S/C14H21ClN2O2S/c1-3-11-5-4-6-17(9-11)20(18,19)12-7-10(2)14(15)13(16)8-12/h7-8,11H,3-6,9,16H2,1-2H3. The highest BCUT2D eigenvalue weighted by Gasteiger charge is 2.30. The van der Waals surface area contributed by atoms with Gasteiger partial charge in [0.25, 0.3) is 0 Å². The Hall–Kier alpha value is -0.780.